The molecule has 0 bridgehead atoms. The second kappa shape index (κ2) is 5.06. The first-order chi connectivity index (χ1) is 8.12. The van der Waals surface area contributed by atoms with E-state index in [1.165, 1.54) is 0 Å². The summed E-state index contributed by atoms with van der Waals surface area (Å²) in [6.45, 7) is 13.7. The highest BCUT2D eigenvalue weighted by atomic mass is 16.7. The van der Waals surface area contributed by atoms with Crippen LogP contribution in [0, 0.1) is 0 Å². The van der Waals surface area contributed by atoms with E-state index in [1.54, 1.807) is 13.8 Å². The first-order valence-electron chi connectivity index (χ1n) is 6.32. The van der Waals surface area contributed by atoms with Crippen LogP contribution in [0.15, 0.2) is 11.0 Å². The number of allylic oxidation sites excluding steroid dienone is 1. The van der Waals surface area contributed by atoms with E-state index in [4.69, 9.17) is 14.0 Å². The Bertz CT molecular complexity index is 355. The molecule has 18 heavy (non-hydrogen) atoms. The van der Waals surface area contributed by atoms with Gasteiger partial charge in [0.25, 0.3) is 0 Å². The highest BCUT2D eigenvalue weighted by molar-refractivity contribution is 6.55. The van der Waals surface area contributed by atoms with Crippen LogP contribution < -0.4 is 0 Å². The lowest BCUT2D eigenvalue weighted by Crippen LogP contribution is -2.41. The smallest absolute Gasteiger partial charge is 0.463 e. The SMILES string of the molecule is CCOC(=O)/C(C)=C(/C)B1OC(C)(C)C(C)(C)O1. The summed E-state index contributed by atoms with van der Waals surface area (Å²) < 4.78 is 16.8. The maximum Gasteiger partial charge on any atom is 0.490 e. The first kappa shape index (κ1) is 15.3. The molecule has 0 atom stereocenters. The van der Waals surface area contributed by atoms with Crippen molar-refractivity contribution in [3.8, 4) is 0 Å². The normalized spacial score (nSPS) is 22.7. The van der Waals surface area contributed by atoms with Crippen LogP contribution in [-0.2, 0) is 18.8 Å². The van der Waals surface area contributed by atoms with Gasteiger partial charge in [-0.05, 0) is 53.9 Å². The third-order valence-corrected chi connectivity index (χ3v) is 3.78. The lowest BCUT2D eigenvalue weighted by molar-refractivity contribution is -0.138. The van der Waals surface area contributed by atoms with E-state index in [2.05, 4.69) is 0 Å². The van der Waals surface area contributed by atoms with Gasteiger partial charge in [-0.1, -0.05) is 0 Å². The standard InChI is InChI=1S/C13H23BO4/c1-8-16-11(15)9(2)10(3)14-17-12(4,5)13(6,7)18-14/h8H2,1-7H3/b10-9-. The summed E-state index contributed by atoms with van der Waals surface area (Å²) >= 11 is 0. The second-order valence-electron chi connectivity index (χ2n) is 5.62. The molecule has 1 aliphatic rings. The Kier molecular flexibility index (Phi) is 4.28. The van der Waals surface area contributed by atoms with Crippen LogP contribution in [0.25, 0.3) is 0 Å². The minimum Gasteiger partial charge on any atom is -0.463 e. The molecule has 0 N–H and O–H groups in total. The summed E-state index contributed by atoms with van der Waals surface area (Å²) in [5.41, 5.74) is 0.532. The zero-order valence-electron chi connectivity index (χ0n) is 12.4. The van der Waals surface area contributed by atoms with Crippen LogP contribution in [0.2, 0.25) is 0 Å². The Hall–Kier alpha value is -0.805. The Labute approximate surface area is 110 Å². The molecule has 1 rings (SSSR count). The number of hydrogen-bond donors (Lipinski definition) is 0. The molecule has 1 saturated heterocycles. The Balaban J connectivity index is 2.91. The van der Waals surface area contributed by atoms with E-state index >= 15 is 0 Å². The van der Waals surface area contributed by atoms with Crippen LogP contribution in [0.4, 0.5) is 0 Å². The topological polar surface area (TPSA) is 44.8 Å². The van der Waals surface area contributed by atoms with Gasteiger partial charge >= 0.3 is 13.1 Å². The van der Waals surface area contributed by atoms with Crippen molar-refractivity contribution >= 4 is 13.1 Å². The summed E-state index contributed by atoms with van der Waals surface area (Å²) in [5, 5.41) is 0. The molecule has 0 amide bonds. The molecule has 0 saturated carbocycles. The fraction of sp³-hybridized carbons (Fsp3) is 0.769. The zero-order valence-corrected chi connectivity index (χ0v) is 12.4. The highest BCUT2D eigenvalue weighted by Gasteiger charge is 2.52. The van der Waals surface area contributed by atoms with Gasteiger partial charge in [0.05, 0.1) is 17.8 Å². The van der Waals surface area contributed by atoms with Gasteiger partial charge in [-0.3, -0.25) is 0 Å². The quantitative estimate of drug-likeness (QED) is 0.441. The third-order valence-electron chi connectivity index (χ3n) is 3.78. The Morgan fingerprint density at radius 1 is 1.11 bits per heavy atom. The van der Waals surface area contributed by atoms with Crippen LogP contribution in [-0.4, -0.2) is 30.9 Å². The molecule has 102 valence electrons. The molecule has 0 radical (unpaired) electrons. The average molecular weight is 254 g/mol. The molecule has 0 aromatic heterocycles. The summed E-state index contributed by atoms with van der Waals surface area (Å²) in [6.07, 6.45) is 0. The number of rotatable bonds is 3. The molecule has 1 heterocycles. The van der Waals surface area contributed by atoms with Crippen molar-refractivity contribution < 1.29 is 18.8 Å². The van der Waals surface area contributed by atoms with E-state index in [-0.39, 0.29) is 5.97 Å². The summed E-state index contributed by atoms with van der Waals surface area (Å²) in [5.74, 6) is -0.315. The van der Waals surface area contributed by atoms with Crippen LogP contribution in [0.5, 0.6) is 0 Å². The molecule has 0 aliphatic carbocycles. The van der Waals surface area contributed by atoms with Crippen molar-refractivity contribution in [2.75, 3.05) is 6.61 Å². The van der Waals surface area contributed by atoms with Crippen LogP contribution >= 0.6 is 0 Å². The Morgan fingerprint density at radius 3 is 1.94 bits per heavy atom. The minimum atomic E-state index is -0.487. The van der Waals surface area contributed by atoms with Gasteiger partial charge in [-0.25, -0.2) is 4.79 Å². The van der Waals surface area contributed by atoms with Gasteiger partial charge in [0.15, 0.2) is 0 Å². The maximum atomic E-state index is 11.7. The van der Waals surface area contributed by atoms with Crippen molar-refractivity contribution in [1.29, 1.82) is 0 Å². The lowest BCUT2D eigenvalue weighted by atomic mass is 9.76. The maximum absolute atomic E-state index is 11.7. The fourth-order valence-corrected chi connectivity index (χ4v) is 1.60. The lowest BCUT2D eigenvalue weighted by Gasteiger charge is -2.32. The van der Waals surface area contributed by atoms with Crippen molar-refractivity contribution in [1.82, 2.24) is 0 Å². The average Bonchev–Trinajstić information content (AvgIpc) is 2.46. The van der Waals surface area contributed by atoms with Crippen molar-refractivity contribution in [3.05, 3.63) is 11.0 Å². The van der Waals surface area contributed by atoms with Crippen molar-refractivity contribution in [2.24, 2.45) is 0 Å². The van der Waals surface area contributed by atoms with Gasteiger partial charge in [-0.15, -0.1) is 0 Å². The van der Waals surface area contributed by atoms with Crippen molar-refractivity contribution in [2.45, 2.75) is 59.7 Å². The van der Waals surface area contributed by atoms with E-state index in [1.807, 2.05) is 34.6 Å². The molecule has 0 spiro atoms. The highest BCUT2D eigenvalue weighted by Crippen LogP contribution is 2.38. The third kappa shape index (κ3) is 2.78. The molecule has 1 aliphatic heterocycles. The van der Waals surface area contributed by atoms with Gasteiger partial charge in [-0.2, -0.15) is 0 Å². The number of ether oxygens (including phenoxy) is 1. The zero-order chi connectivity index (χ0) is 14.1. The van der Waals surface area contributed by atoms with E-state index in [9.17, 15) is 4.79 Å². The predicted octanol–water partition coefficient (Wildman–Crippen LogP) is 2.52. The summed E-state index contributed by atoms with van der Waals surface area (Å²) in [4.78, 5) is 11.7. The van der Waals surface area contributed by atoms with Gasteiger partial charge < -0.3 is 14.0 Å². The molecule has 1 fully saturated rings. The number of carbonyl (C=O) groups excluding carboxylic acids is 1. The molecule has 5 heteroatoms. The first-order valence-corrected chi connectivity index (χ1v) is 6.32. The second-order valence-corrected chi connectivity index (χ2v) is 5.62. The Morgan fingerprint density at radius 2 is 1.56 bits per heavy atom. The monoisotopic (exact) mass is 254 g/mol. The molecular weight excluding hydrogens is 231 g/mol. The summed E-state index contributed by atoms with van der Waals surface area (Å²) in [6, 6.07) is 0. The van der Waals surface area contributed by atoms with Crippen molar-refractivity contribution in [3.63, 3.8) is 0 Å². The van der Waals surface area contributed by atoms with E-state index in [0.717, 1.165) is 5.47 Å². The van der Waals surface area contributed by atoms with E-state index < -0.39 is 18.3 Å². The largest absolute Gasteiger partial charge is 0.490 e. The predicted molar refractivity (Wildman–Crippen MR) is 71.1 cm³/mol. The van der Waals surface area contributed by atoms with Gasteiger partial charge in [0.1, 0.15) is 0 Å². The van der Waals surface area contributed by atoms with E-state index in [0.29, 0.717) is 12.2 Å². The molecule has 0 aromatic carbocycles. The summed E-state index contributed by atoms with van der Waals surface area (Å²) in [7, 11) is -0.487. The van der Waals surface area contributed by atoms with Crippen LogP contribution in [0.3, 0.4) is 0 Å². The number of hydrogen-bond acceptors (Lipinski definition) is 4. The molecule has 4 nitrogen and oxygen atoms in total. The molecular formula is C13H23BO4. The van der Waals surface area contributed by atoms with Gasteiger partial charge in [0, 0.05) is 5.57 Å². The fourth-order valence-electron chi connectivity index (χ4n) is 1.60. The number of carbonyl (C=O) groups is 1. The number of esters is 1. The van der Waals surface area contributed by atoms with Crippen LogP contribution in [0.1, 0.15) is 48.5 Å². The minimum absolute atomic E-state index is 0.315. The molecule has 0 aromatic rings. The molecule has 0 unspecified atom stereocenters. The van der Waals surface area contributed by atoms with Gasteiger partial charge in [0.2, 0.25) is 0 Å².